The van der Waals surface area contributed by atoms with E-state index in [9.17, 15) is 0 Å². The zero-order valence-corrected chi connectivity index (χ0v) is 6.10. The maximum absolute atomic E-state index is 4.76. The summed E-state index contributed by atoms with van der Waals surface area (Å²) in [5, 5.41) is 1.00. The second-order valence-corrected chi connectivity index (χ2v) is 2.63. The average Bonchev–Trinajstić information content (AvgIpc) is 1.35. The number of alkyl halides is 1. The Morgan fingerprint density at radius 1 is 1.83 bits per heavy atom. The van der Waals surface area contributed by atoms with Crippen LogP contribution in [0.2, 0.25) is 0 Å². The van der Waals surface area contributed by atoms with Crippen LogP contribution in [0.3, 0.4) is 0 Å². The molecule has 0 saturated heterocycles. The van der Waals surface area contributed by atoms with Crippen LogP contribution in [0, 0.1) is 0 Å². The van der Waals surface area contributed by atoms with Crippen molar-refractivity contribution in [1.82, 2.24) is 0 Å². The van der Waals surface area contributed by atoms with Crippen molar-refractivity contribution in [3.8, 4) is 0 Å². The fourth-order valence-electron chi connectivity index (χ4n) is 0.133. The lowest BCUT2D eigenvalue weighted by Crippen LogP contribution is -1.83. The molecule has 0 heterocycles. The van der Waals surface area contributed by atoms with Crippen LogP contribution in [0.25, 0.3) is 0 Å². The molecule has 0 rings (SSSR count). The molecular weight excluding hydrogens is 160 g/mol. The summed E-state index contributed by atoms with van der Waals surface area (Å²) < 4.78 is 0. The van der Waals surface area contributed by atoms with Crippen molar-refractivity contribution in [3.63, 3.8) is 0 Å². The zero-order chi connectivity index (χ0) is 4.99. The number of halogens is 1. The van der Waals surface area contributed by atoms with Gasteiger partial charge in [-0.3, -0.25) is 0 Å². The van der Waals surface area contributed by atoms with Crippen LogP contribution in [-0.2, 0) is 0 Å². The van der Waals surface area contributed by atoms with Gasteiger partial charge in [-0.15, -0.1) is 0 Å². The average molecular weight is 167 g/mol. The topological polar surface area (TPSA) is 0 Å². The van der Waals surface area contributed by atoms with E-state index in [1.54, 1.807) is 0 Å². The second kappa shape index (κ2) is 3.75. The number of hydrogen-bond donors (Lipinski definition) is 0. The van der Waals surface area contributed by atoms with E-state index < -0.39 is 0 Å². The van der Waals surface area contributed by atoms with E-state index in [0.29, 0.717) is 0 Å². The van der Waals surface area contributed by atoms with Crippen LogP contribution in [0.4, 0.5) is 0 Å². The maximum atomic E-state index is 4.76. The van der Waals surface area contributed by atoms with Gasteiger partial charge in [0.2, 0.25) is 0 Å². The highest BCUT2D eigenvalue weighted by molar-refractivity contribution is 9.09. The standard InChI is InChI=1S/C4H7BrS/c1-4(6)2-3-5/h2-3H2,1H3. The van der Waals surface area contributed by atoms with Gasteiger partial charge < -0.3 is 0 Å². The molecule has 0 bridgehead atoms. The first kappa shape index (κ1) is 6.57. The Hall–Kier alpha value is 0.570. The summed E-state index contributed by atoms with van der Waals surface area (Å²) in [7, 11) is 0. The highest BCUT2D eigenvalue weighted by Crippen LogP contribution is 1.89. The third-order valence-corrected chi connectivity index (χ3v) is 1.05. The Morgan fingerprint density at radius 3 is 2.33 bits per heavy atom. The molecule has 0 N–H and O–H groups in total. The maximum Gasteiger partial charge on any atom is 0.00766 e. The van der Waals surface area contributed by atoms with E-state index in [-0.39, 0.29) is 0 Å². The van der Waals surface area contributed by atoms with Crippen LogP contribution in [0.15, 0.2) is 0 Å². The normalized spacial score (nSPS) is 8.33. The quantitative estimate of drug-likeness (QED) is 0.448. The smallest absolute Gasteiger partial charge is 0.00766 e. The third-order valence-electron chi connectivity index (χ3n) is 0.447. The molecule has 0 radical (unpaired) electrons. The van der Waals surface area contributed by atoms with Crippen molar-refractivity contribution in [1.29, 1.82) is 0 Å². The molecule has 36 valence electrons. The van der Waals surface area contributed by atoms with Crippen molar-refractivity contribution in [2.24, 2.45) is 0 Å². The van der Waals surface area contributed by atoms with Gasteiger partial charge in [0.15, 0.2) is 0 Å². The van der Waals surface area contributed by atoms with Gasteiger partial charge >= 0.3 is 0 Å². The first-order valence-corrected chi connectivity index (χ1v) is 3.35. The van der Waals surface area contributed by atoms with Gasteiger partial charge in [0, 0.05) is 5.33 Å². The van der Waals surface area contributed by atoms with Gasteiger partial charge in [-0.2, -0.15) is 0 Å². The molecule has 0 aromatic rings. The van der Waals surface area contributed by atoms with Crippen molar-refractivity contribution in [2.75, 3.05) is 5.33 Å². The molecule has 0 aromatic heterocycles. The van der Waals surface area contributed by atoms with E-state index in [2.05, 4.69) is 15.9 Å². The molecule has 0 unspecified atom stereocenters. The molecule has 0 aromatic carbocycles. The summed E-state index contributed by atoms with van der Waals surface area (Å²) in [5.74, 6) is 0. The Labute approximate surface area is 52.1 Å². The summed E-state index contributed by atoms with van der Waals surface area (Å²) >= 11 is 8.03. The molecule has 6 heavy (non-hydrogen) atoms. The number of hydrogen-bond acceptors (Lipinski definition) is 1. The molecule has 0 nitrogen and oxygen atoms in total. The molecule has 0 aliphatic rings. The van der Waals surface area contributed by atoms with E-state index in [4.69, 9.17) is 12.2 Å². The lowest BCUT2D eigenvalue weighted by molar-refractivity contribution is 1.35. The van der Waals surface area contributed by atoms with E-state index >= 15 is 0 Å². The van der Waals surface area contributed by atoms with Gasteiger partial charge in [0.25, 0.3) is 0 Å². The predicted octanol–water partition coefficient (Wildman–Crippen LogP) is 2.16. The Bertz CT molecular complexity index is 51.5. The summed E-state index contributed by atoms with van der Waals surface area (Å²) in [5.41, 5.74) is 0. The van der Waals surface area contributed by atoms with Crippen molar-refractivity contribution in [2.45, 2.75) is 13.3 Å². The van der Waals surface area contributed by atoms with Gasteiger partial charge in [-0.25, -0.2) is 0 Å². The first-order chi connectivity index (χ1) is 2.77. The molecule has 0 aliphatic carbocycles. The van der Waals surface area contributed by atoms with E-state index in [1.807, 2.05) is 6.92 Å². The van der Waals surface area contributed by atoms with Crippen molar-refractivity contribution in [3.05, 3.63) is 0 Å². The molecule has 0 amide bonds. The Kier molecular flexibility index (Phi) is 4.11. The molecule has 0 atom stereocenters. The van der Waals surface area contributed by atoms with Gasteiger partial charge in [-0.05, 0) is 18.2 Å². The van der Waals surface area contributed by atoms with Gasteiger partial charge in [0.1, 0.15) is 0 Å². The minimum atomic E-state index is 1.00. The van der Waals surface area contributed by atoms with Crippen LogP contribution in [0.5, 0.6) is 0 Å². The summed E-state index contributed by atoms with van der Waals surface area (Å²) in [6.45, 7) is 1.95. The highest BCUT2D eigenvalue weighted by Gasteiger charge is 1.80. The number of thiocarbonyl (C=S) groups is 1. The monoisotopic (exact) mass is 166 g/mol. The molecule has 0 saturated carbocycles. The zero-order valence-electron chi connectivity index (χ0n) is 3.70. The summed E-state index contributed by atoms with van der Waals surface area (Å²) in [6.07, 6.45) is 1.02. The summed E-state index contributed by atoms with van der Waals surface area (Å²) in [4.78, 5) is 1.08. The van der Waals surface area contributed by atoms with Crippen LogP contribution >= 0.6 is 28.1 Å². The van der Waals surface area contributed by atoms with Crippen LogP contribution in [-0.4, -0.2) is 10.2 Å². The highest BCUT2D eigenvalue weighted by atomic mass is 79.9. The number of rotatable bonds is 2. The molecule has 2 heteroatoms. The Balaban J connectivity index is 2.83. The summed E-state index contributed by atoms with van der Waals surface area (Å²) in [6, 6.07) is 0. The van der Waals surface area contributed by atoms with Crippen LogP contribution < -0.4 is 0 Å². The second-order valence-electron chi connectivity index (χ2n) is 1.14. The minimum absolute atomic E-state index is 1.00. The molecule has 0 aliphatic heterocycles. The molecular formula is C4H7BrS. The van der Waals surface area contributed by atoms with E-state index in [1.165, 1.54) is 0 Å². The first-order valence-electron chi connectivity index (χ1n) is 1.82. The van der Waals surface area contributed by atoms with Crippen molar-refractivity contribution >= 4 is 33.0 Å². The predicted molar refractivity (Wildman–Crippen MR) is 36.7 cm³/mol. The van der Waals surface area contributed by atoms with Gasteiger partial charge in [-0.1, -0.05) is 28.1 Å². The van der Waals surface area contributed by atoms with E-state index in [0.717, 1.165) is 16.6 Å². The molecule has 0 spiro atoms. The largest absolute Gasteiger partial charge is 0.0924 e. The Morgan fingerprint density at radius 2 is 2.33 bits per heavy atom. The SMILES string of the molecule is CC(=S)CCBr. The van der Waals surface area contributed by atoms with Crippen molar-refractivity contribution < 1.29 is 0 Å². The fourth-order valence-corrected chi connectivity index (χ4v) is 1.09. The third kappa shape index (κ3) is 4.57. The lowest BCUT2D eigenvalue weighted by atomic mass is 10.4. The fraction of sp³-hybridized carbons (Fsp3) is 0.750. The lowest BCUT2D eigenvalue weighted by Gasteiger charge is -1.83. The molecule has 0 fully saturated rings. The minimum Gasteiger partial charge on any atom is -0.0924 e. The van der Waals surface area contributed by atoms with Gasteiger partial charge in [0.05, 0.1) is 0 Å². The van der Waals surface area contributed by atoms with Crippen LogP contribution in [0.1, 0.15) is 13.3 Å².